The molecule has 0 bridgehead atoms. The van der Waals surface area contributed by atoms with E-state index in [1.807, 2.05) is 0 Å². The van der Waals surface area contributed by atoms with Gasteiger partial charge in [0.25, 0.3) is 0 Å². The van der Waals surface area contributed by atoms with E-state index >= 15 is 0 Å². The highest BCUT2D eigenvalue weighted by Crippen LogP contribution is 2.29. The fourth-order valence-electron chi connectivity index (χ4n) is 1.47. The van der Waals surface area contributed by atoms with Gasteiger partial charge in [-0.15, -0.1) is 4.70 Å². The van der Waals surface area contributed by atoms with Gasteiger partial charge in [-0.1, -0.05) is 20.8 Å². The van der Waals surface area contributed by atoms with Gasteiger partial charge in [-0.05, 0) is 24.4 Å². The SMILES string of the molecule is CC(C)[N+]1=NCC(C(C)(C)C)C1. The van der Waals surface area contributed by atoms with Crippen molar-refractivity contribution in [1.29, 1.82) is 0 Å². The van der Waals surface area contributed by atoms with E-state index in [0.29, 0.717) is 11.5 Å². The maximum atomic E-state index is 4.52. The third-order valence-electron chi connectivity index (χ3n) is 2.71. The molecule has 0 saturated carbocycles. The zero-order valence-corrected chi connectivity index (χ0v) is 8.96. The molecule has 0 aliphatic carbocycles. The summed E-state index contributed by atoms with van der Waals surface area (Å²) in [5.74, 6) is 0.736. The molecule has 2 heteroatoms. The third kappa shape index (κ3) is 2.05. The first-order chi connectivity index (χ1) is 5.41. The molecule has 1 heterocycles. The minimum absolute atomic E-state index is 0.410. The standard InChI is InChI=1S/C10H21N2/c1-8(2)12-7-9(6-11-12)10(3,4)5/h8-9H,6-7H2,1-5H3/q+1. The Labute approximate surface area is 75.7 Å². The van der Waals surface area contributed by atoms with Gasteiger partial charge in [0.15, 0.2) is 12.6 Å². The minimum Gasteiger partial charge on any atom is -0.125 e. The third-order valence-corrected chi connectivity index (χ3v) is 2.71. The van der Waals surface area contributed by atoms with E-state index in [4.69, 9.17) is 0 Å². The molecule has 0 aromatic rings. The average molecular weight is 169 g/mol. The molecule has 0 saturated heterocycles. The van der Waals surface area contributed by atoms with Gasteiger partial charge in [0.2, 0.25) is 0 Å². The van der Waals surface area contributed by atoms with E-state index in [1.165, 1.54) is 0 Å². The van der Waals surface area contributed by atoms with Crippen LogP contribution in [-0.2, 0) is 0 Å². The van der Waals surface area contributed by atoms with Crippen LogP contribution in [0.3, 0.4) is 0 Å². The summed E-state index contributed by atoms with van der Waals surface area (Å²) in [6.07, 6.45) is 0. The Bertz CT molecular complexity index is 187. The lowest BCUT2D eigenvalue weighted by atomic mass is 9.81. The first kappa shape index (κ1) is 9.69. The quantitative estimate of drug-likeness (QED) is 0.536. The summed E-state index contributed by atoms with van der Waals surface area (Å²) >= 11 is 0. The van der Waals surface area contributed by atoms with Crippen LogP contribution in [0.15, 0.2) is 5.11 Å². The zero-order chi connectivity index (χ0) is 9.35. The van der Waals surface area contributed by atoms with Gasteiger partial charge in [0.05, 0.1) is 5.92 Å². The molecule has 0 radical (unpaired) electrons. The first-order valence-electron chi connectivity index (χ1n) is 4.85. The molecule has 0 spiro atoms. The maximum Gasteiger partial charge on any atom is 0.173 e. The molecule has 1 aliphatic heterocycles. The highest BCUT2D eigenvalue weighted by molar-refractivity contribution is 4.76. The van der Waals surface area contributed by atoms with E-state index in [2.05, 4.69) is 44.4 Å². The van der Waals surface area contributed by atoms with Crippen LogP contribution in [0.2, 0.25) is 0 Å². The molecule has 0 fully saturated rings. The van der Waals surface area contributed by atoms with E-state index in [9.17, 15) is 0 Å². The van der Waals surface area contributed by atoms with Crippen LogP contribution >= 0.6 is 0 Å². The van der Waals surface area contributed by atoms with Crippen LogP contribution in [0, 0.1) is 11.3 Å². The number of nitrogens with zero attached hydrogens (tertiary/aromatic N) is 2. The molecule has 0 amide bonds. The van der Waals surface area contributed by atoms with Crippen LogP contribution in [-0.4, -0.2) is 23.8 Å². The van der Waals surface area contributed by atoms with Crippen molar-refractivity contribution in [3.63, 3.8) is 0 Å². The van der Waals surface area contributed by atoms with Crippen molar-refractivity contribution >= 4 is 0 Å². The predicted octanol–water partition coefficient (Wildman–Crippen LogP) is 2.54. The Kier molecular flexibility index (Phi) is 2.55. The highest BCUT2D eigenvalue weighted by atomic mass is 15.3. The molecule has 0 aromatic heterocycles. The number of rotatable bonds is 1. The summed E-state index contributed by atoms with van der Waals surface area (Å²) in [7, 11) is 0. The van der Waals surface area contributed by atoms with Crippen LogP contribution < -0.4 is 0 Å². The Morgan fingerprint density at radius 3 is 2.17 bits per heavy atom. The van der Waals surface area contributed by atoms with Gasteiger partial charge in [-0.3, -0.25) is 0 Å². The van der Waals surface area contributed by atoms with Crippen molar-refractivity contribution in [2.24, 2.45) is 16.4 Å². The summed E-state index contributed by atoms with van der Waals surface area (Å²) in [5, 5.41) is 4.52. The van der Waals surface area contributed by atoms with E-state index in [-0.39, 0.29) is 0 Å². The smallest absolute Gasteiger partial charge is 0.125 e. The van der Waals surface area contributed by atoms with Gasteiger partial charge in [0.1, 0.15) is 6.54 Å². The minimum atomic E-state index is 0.410. The molecule has 2 nitrogen and oxygen atoms in total. The normalized spacial score (nSPS) is 24.8. The van der Waals surface area contributed by atoms with Gasteiger partial charge < -0.3 is 0 Å². The molecule has 70 valence electrons. The van der Waals surface area contributed by atoms with Crippen molar-refractivity contribution in [3.8, 4) is 0 Å². The molecule has 12 heavy (non-hydrogen) atoms. The monoisotopic (exact) mass is 169 g/mol. The van der Waals surface area contributed by atoms with Crippen LogP contribution in [0.4, 0.5) is 0 Å². The van der Waals surface area contributed by atoms with Gasteiger partial charge >= 0.3 is 0 Å². The largest absolute Gasteiger partial charge is 0.173 e. The topological polar surface area (TPSA) is 15.4 Å². The summed E-state index contributed by atoms with van der Waals surface area (Å²) in [4.78, 5) is 0. The molecular formula is C10H21N2+. The van der Waals surface area contributed by atoms with Gasteiger partial charge in [-0.2, -0.15) is 0 Å². The van der Waals surface area contributed by atoms with Crippen LogP contribution in [0.5, 0.6) is 0 Å². The highest BCUT2D eigenvalue weighted by Gasteiger charge is 2.35. The van der Waals surface area contributed by atoms with E-state index in [1.54, 1.807) is 0 Å². The van der Waals surface area contributed by atoms with Crippen LogP contribution in [0.1, 0.15) is 34.6 Å². The summed E-state index contributed by atoms with van der Waals surface area (Å²) in [5.41, 5.74) is 0.410. The van der Waals surface area contributed by atoms with Crippen molar-refractivity contribution in [2.45, 2.75) is 40.7 Å². The summed E-state index contributed by atoms with van der Waals surface area (Å²) in [6, 6.07) is 0.567. The average Bonchev–Trinajstić information content (AvgIpc) is 2.30. The summed E-state index contributed by atoms with van der Waals surface area (Å²) < 4.78 is 2.22. The molecule has 1 unspecified atom stereocenters. The molecule has 0 aromatic carbocycles. The lowest BCUT2D eigenvalue weighted by Gasteiger charge is -2.22. The summed E-state index contributed by atoms with van der Waals surface area (Å²) in [6.45, 7) is 13.5. The second-order valence-corrected chi connectivity index (χ2v) is 5.10. The number of hydrogen-bond acceptors (Lipinski definition) is 1. The first-order valence-corrected chi connectivity index (χ1v) is 4.85. The fourth-order valence-corrected chi connectivity index (χ4v) is 1.47. The lowest BCUT2D eigenvalue weighted by molar-refractivity contribution is -0.613. The van der Waals surface area contributed by atoms with Crippen LogP contribution in [0.25, 0.3) is 0 Å². The lowest BCUT2D eigenvalue weighted by Crippen LogP contribution is -2.28. The molecule has 1 aliphatic rings. The second kappa shape index (κ2) is 3.15. The Morgan fingerprint density at radius 2 is 1.92 bits per heavy atom. The Morgan fingerprint density at radius 1 is 1.33 bits per heavy atom. The Balaban J connectivity index is 2.53. The maximum absolute atomic E-state index is 4.52. The molecule has 1 atom stereocenters. The van der Waals surface area contributed by atoms with E-state index in [0.717, 1.165) is 19.0 Å². The van der Waals surface area contributed by atoms with Crippen molar-refractivity contribution in [3.05, 3.63) is 0 Å². The molecule has 1 rings (SSSR count). The predicted molar refractivity (Wildman–Crippen MR) is 50.5 cm³/mol. The zero-order valence-electron chi connectivity index (χ0n) is 8.96. The van der Waals surface area contributed by atoms with E-state index < -0.39 is 0 Å². The van der Waals surface area contributed by atoms with Crippen molar-refractivity contribution in [1.82, 2.24) is 0 Å². The van der Waals surface area contributed by atoms with Crippen molar-refractivity contribution in [2.75, 3.05) is 13.1 Å². The van der Waals surface area contributed by atoms with Crippen molar-refractivity contribution < 1.29 is 4.70 Å². The number of hydrogen-bond donors (Lipinski definition) is 0. The van der Waals surface area contributed by atoms with Gasteiger partial charge in [-0.25, -0.2) is 0 Å². The molecule has 0 N–H and O–H groups in total. The Hall–Kier alpha value is -0.400. The van der Waals surface area contributed by atoms with Gasteiger partial charge in [0, 0.05) is 0 Å². The second-order valence-electron chi connectivity index (χ2n) is 5.10. The fraction of sp³-hybridized carbons (Fsp3) is 1.00. The molecular weight excluding hydrogens is 148 g/mol. The number of azo groups is 2.